The van der Waals surface area contributed by atoms with Crippen molar-refractivity contribution in [1.82, 2.24) is 20.4 Å². The molecule has 2 fully saturated rings. The number of hydrogen-bond acceptors (Lipinski definition) is 6. The van der Waals surface area contributed by atoms with E-state index in [0.717, 1.165) is 45.6 Å². The highest BCUT2D eigenvalue weighted by atomic mass is 16.5. The first kappa shape index (κ1) is 19.1. The van der Waals surface area contributed by atoms with Crippen LogP contribution in [0.3, 0.4) is 0 Å². The Morgan fingerprint density at radius 2 is 1.71 bits per heavy atom. The summed E-state index contributed by atoms with van der Waals surface area (Å²) in [6, 6.07) is 0. The largest absolute Gasteiger partial charge is 0.383 e. The van der Waals surface area contributed by atoms with E-state index < -0.39 is 0 Å². The minimum Gasteiger partial charge on any atom is -0.383 e. The average Bonchev–Trinajstić information content (AvgIpc) is 3.08. The van der Waals surface area contributed by atoms with Gasteiger partial charge in [-0.15, -0.1) is 0 Å². The molecule has 0 spiro atoms. The van der Waals surface area contributed by atoms with Gasteiger partial charge in [-0.25, -0.2) is 0 Å². The molecule has 2 amide bonds. The first-order valence-electron chi connectivity index (χ1n) is 8.76. The van der Waals surface area contributed by atoms with Gasteiger partial charge in [-0.2, -0.15) is 0 Å². The Hall–Kier alpha value is -1.22. The molecule has 8 nitrogen and oxygen atoms in total. The predicted octanol–water partition coefficient (Wildman–Crippen LogP) is -1.34. The zero-order chi connectivity index (χ0) is 17.2. The number of nitrogens with one attached hydrogen (secondary N) is 2. The standard InChI is InChI=1S/C16H30N4O4/c1-23-10-4-17-15(21)12-19-5-7-20(8-6-19)13-16(22)18-11-14-3-2-9-24-14/h14H,2-13H2,1H3,(H,17,21)(H,18,22). The van der Waals surface area contributed by atoms with E-state index in [9.17, 15) is 9.59 Å². The summed E-state index contributed by atoms with van der Waals surface area (Å²) in [6.07, 6.45) is 2.30. The number of amides is 2. The summed E-state index contributed by atoms with van der Waals surface area (Å²) in [5.74, 6) is 0.0751. The van der Waals surface area contributed by atoms with Crippen molar-refractivity contribution in [2.45, 2.75) is 18.9 Å². The highest BCUT2D eigenvalue weighted by Crippen LogP contribution is 2.10. The van der Waals surface area contributed by atoms with Gasteiger partial charge in [-0.05, 0) is 12.8 Å². The fourth-order valence-electron chi connectivity index (χ4n) is 2.95. The van der Waals surface area contributed by atoms with Gasteiger partial charge >= 0.3 is 0 Å². The minimum atomic E-state index is 0.0230. The van der Waals surface area contributed by atoms with E-state index in [4.69, 9.17) is 9.47 Å². The lowest BCUT2D eigenvalue weighted by Crippen LogP contribution is -2.52. The number of methoxy groups -OCH3 is 1. The molecule has 2 aliphatic heterocycles. The molecule has 138 valence electrons. The van der Waals surface area contributed by atoms with Gasteiger partial charge in [-0.1, -0.05) is 0 Å². The van der Waals surface area contributed by atoms with Crippen LogP contribution in [0.1, 0.15) is 12.8 Å². The number of hydrogen-bond donors (Lipinski definition) is 2. The van der Waals surface area contributed by atoms with Crippen molar-refractivity contribution >= 4 is 11.8 Å². The third kappa shape index (κ3) is 7.12. The molecule has 8 heteroatoms. The molecule has 2 rings (SSSR count). The highest BCUT2D eigenvalue weighted by Gasteiger charge is 2.21. The quantitative estimate of drug-likeness (QED) is 0.505. The van der Waals surface area contributed by atoms with Crippen molar-refractivity contribution < 1.29 is 19.1 Å². The van der Waals surface area contributed by atoms with Crippen LogP contribution in [0.5, 0.6) is 0 Å². The molecule has 0 saturated carbocycles. The monoisotopic (exact) mass is 342 g/mol. The summed E-state index contributed by atoms with van der Waals surface area (Å²) in [6.45, 7) is 6.52. The molecule has 0 radical (unpaired) electrons. The Kier molecular flexibility index (Phi) is 8.44. The molecule has 0 aliphatic carbocycles. The molecule has 0 bridgehead atoms. The van der Waals surface area contributed by atoms with Gasteiger partial charge in [0, 0.05) is 53.0 Å². The zero-order valence-electron chi connectivity index (χ0n) is 14.6. The van der Waals surface area contributed by atoms with Crippen LogP contribution in [0.15, 0.2) is 0 Å². The van der Waals surface area contributed by atoms with Crippen LogP contribution >= 0.6 is 0 Å². The number of ether oxygens (including phenoxy) is 2. The van der Waals surface area contributed by atoms with Crippen molar-refractivity contribution in [3.05, 3.63) is 0 Å². The molecule has 24 heavy (non-hydrogen) atoms. The molecular formula is C16H30N4O4. The molecule has 2 N–H and O–H groups in total. The molecule has 2 saturated heterocycles. The fourth-order valence-corrected chi connectivity index (χ4v) is 2.95. The lowest BCUT2D eigenvalue weighted by Gasteiger charge is -2.33. The fraction of sp³-hybridized carbons (Fsp3) is 0.875. The highest BCUT2D eigenvalue weighted by molar-refractivity contribution is 5.78. The second-order valence-corrected chi connectivity index (χ2v) is 6.33. The molecule has 1 unspecified atom stereocenters. The lowest BCUT2D eigenvalue weighted by molar-refractivity contribution is -0.125. The van der Waals surface area contributed by atoms with Crippen molar-refractivity contribution in [1.29, 1.82) is 0 Å². The van der Waals surface area contributed by atoms with Crippen molar-refractivity contribution in [2.24, 2.45) is 0 Å². The maximum atomic E-state index is 12.0. The Morgan fingerprint density at radius 3 is 2.25 bits per heavy atom. The van der Waals surface area contributed by atoms with E-state index in [-0.39, 0.29) is 17.9 Å². The summed E-state index contributed by atoms with van der Waals surface area (Å²) in [5, 5.41) is 5.77. The van der Waals surface area contributed by atoms with E-state index in [0.29, 0.717) is 32.8 Å². The van der Waals surface area contributed by atoms with Crippen LogP contribution < -0.4 is 10.6 Å². The Balaban J connectivity index is 1.55. The number of carbonyl (C=O) groups is 2. The molecule has 1 atom stereocenters. The van der Waals surface area contributed by atoms with Crippen LogP contribution in [0, 0.1) is 0 Å². The third-order valence-electron chi connectivity index (χ3n) is 4.38. The summed E-state index contributed by atoms with van der Waals surface area (Å²) in [4.78, 5) is 28.0. The molecule has 0 aromatic heterocycles. The Morgan fingerprint density at radius 1 is 1.08 bits per heavy atom. The van der Waals surface area contributed by atoms with Crippen LogP contribution in [-0.2, 0) is 19.1 Å². The topological polar surface area (TPSA) is 83.1 Å². The third-order valence-corrected chi connectivity index (χ3v) is 4.38. The normalized spacial score (nSPS) is 22.5. The summed E-state index contributed by atoms with van der Waals surface area (Å²) >= 11 is 0. The van der Waals surface area contributed by atoms with Gasteiger partial charge in [0.05, 0.1) is 25.8 Å². The number of piperazine rings is 1. The van der Waals surface area contributed by atoms with Gasteiger partial charge in [0.25, 0.3) is 0 Å². The molecule has 2 heterocycles. The summed E-state index contributed by atoms with van der Waals surface area (Å²) in [7, 11) is 1.61. The molecular weight excluding hydrogens is 312 g/mol. The molecule has 0 aromatic rings. The maximum Gasteiger partial charge on any atom is 0.234 e. The van der Waals surface area contributed by atoms with Gasteiger partial charge in [0.1, 0.15) is 0 Å². The van der Waals surface area contributed by atoms with E-state index in [1.54, 1.807) is 7.11 Å². The van der Waals surface area contributed by atoms with Crippen LogP contribution in [0.25, 0.3) is 0 Å². The van der Waals surface area contributed by atoms with Crippen molar-refractivity contribution in [2.75, 3.05) is 72.7 Å². The molecule has 0 aromatic carbocycles. The Bertz CT molecular complexity index is 394. The van der Waals surface area contributed by atoms with Gasteiger partial charge in [0.15, 0.2) is 0 Å². The first-order valence-corrected chi connectivity index (χ1v) is 8.76. The number of nitrogens with zero attached hydrogens (tertiary/aromatic N) is 2. The van der Waals surface area contributed by atoms with Gasteiger partial charge in [0.2, 0.25) is 11.8 Å². The molecule has 2 aliphatic rings. The minimum absolute atomic E-state index is 0.0230. The van der Waals surface area contributed by atoms with Crippen LogP contribution in [0.4, 0.5) is 0 Å². The van der Waals surface area contributed by atoms with E-state index in [1.807, 2.05) is 0 Å². The maximum absolute atomic E-state index is 12.0. The Labute approximate surface area is 143 Å². The second-order valence-electron chi connectivity index (χ2n) is 6.33. The SMILES string of the molecule is COCCNC(=O)CN1CCN(CC(=O)NCC2CCCO2)CC1. The predicted molar refractivity (Wildman–Crippen MR) is 89.7 cm³/mol. The lowest BCUT2D eigenvalue weighted by atomic mass is 10.2. The summed E-state index contributed by atoms with van der Waals surface area (Å²) < 4.78 is 10.4. The number of carbonyl (C=O) groups excluding carboxylic acids is 2. The van der Waals surface area contributed by atoms with Crippen LogP contribution in [-0.4, -0.2) is 100 Å². The van der Waals surface area contributed by atoms with E-state index >= 15 is 0 Å². The average molecular weight is 342 g/mol. The number of rotatable bonds is 9. The van der Waals surface area contributed by atoms with Gasteiger partial charge in [-0.3, -0.25) is 19.4 Å². The second kappa shape index (κ2) is 10.6. The first-order chi connectivity index (χ1) is 11.7. The van der Waals surface area contributed by atoms with Crippen molar-refractivity contribution in [3.63, 3.8) is 0 Å². The van der Waals surface area contributed by atoms with Gasteiger partial charge < -0.3 is 20.1 Å². The zero-order valence-corrected chi connectivity index (χ0v) is 14.6. The van der Waals surface area contributed by atoms with Crippen LogP contribution in [0.2, 0.25) is 0 Å². The van der Waals surface area contributed by atoms with E-state index in [1.165, 1.54) is 0 Å². The van der Waals surface area contributed by atoms with E-state index in [2.05, 4.69) is 20.4 Å². The summed E-state index contributed by atoms with van der Waals surface area (Å²) in [5.41, 5.74) is 0. The smallest absolute Gasteiger partial charge is 0.234 e. The van der Waals surface area contributed by atoms with Crippen molar-refractivity contribution in [3.8, 4) is 0 Å².